The monoisotopic (exact) mass is 510 g/mol. The molecule has 2 aromatic rings. The van der Waals surface area contributed by atoms with E-state index >= 15 is 0 Å². The van der Waals surface area contributed by atoms with Crippen LogP contribution in [0.5, 0.6) is 0 Å². The fraction of sp³-hybridized carbons (Fsp3) is 0.500. The summed E-state index contributed by atoms with van der Waals surface area (Å²) in [6.45, 7) is 4.01. The van der Waals surface area contributed by atoms with Crippen LogP contribution in [0, 0.1) is 5.92 Å². The molecule has 2 unspecified atom stereocenters. The van der Waals surface area contributed by atoms with Crippen LogP contribution in [0.25, 0.3) is 0 Å². The Bertz CT molecular complexity index is 1210. The Morgan fingerprint density at radius 3 is 2.40 bits per heavy atom. The van der Waals surface area contributed by atoms with E-state index in [0.29, 0.717) is 10.6 Å². The Morgan fingerprint density at radius 2 is 1.86 bits per heavy atom. The Kier molecular flexibility index (Phi) is 6.38. The van der Waals surface area contributed by atoms with E-state index in [2.05, 4.69) is 36.3 Å². The third-order valence-electron chi connectivity index (χ3n) is 7.13. The minimum absolute atomic E-state index is 0.0478. The van der Waals surface area contributed by atoms with E-state index in [4.69, 9.17) is 0 Å². The van der Waals surface area contributed by atoms with Crippen LogP contribution in [0.2, 0.25) is 0 Å². The predicted octanol–water partition coefficient (Wildman–Crippen LogP) is 3.35. The van der Waals surface area contributed by atoms with Gasteiger partial charge in [-0.1, -0.05) is 38.1 Å². The number of benzene rings is 1. The van der Waals surface area contributed by atoms with Crippen LogP contribution in [-0.4, -0.2) is 67.1 Å². The first-order valence-corrected chi connectivity index (χ1v) is 13.1. The third-order valence-corrected chi connectivity index (χ3v) is 8.36. The number of rotatable bonds is 6. The maximum atomic E-state index is 14.0. The number of aromatic nitrogens is 1. The molecule has 0 radical (unpaired) electrons. The van der Waals surface area contributed by atoms with Crippen molar-refractivity contribution in [2.24, 2.45) is 5.92 Å². The number of sulfonamides is 1. The van der Waals surface area contributed by atoms with Gasteiger partial charge >= 0.3 is 6.18 Å². The minimum Gasteiger partial charge on any atom is -0.380 e. The van der Waals surface area contributed by atoms with E-state index in [1.807, 2.05) is 12.1 Å². The molecule has 0 spiro atoms. The molecule has 0 bridgehead atoms. The quantitative estimate of drug-likeness (QED) is 0.645. The number of amides is 1. The average molecular weight is 511 g/mol. The van der Waals surface area contributed by atoms with Crippen LogP contribution in [0.3, 0.4) is 0 Å². The number of hydrogen-bond donors (Lipinski definition) is 1. The molecule has 1 aromatic heterocycles. The molecule has 1 saturated heterocycles. The van der Waals surface area contributed by atoms with Gasteiger partial charge in [-0.15, -0.1) is 0 Å². The van der Waals surface area contributed by atoms with Crippen molar-refractivity contribution in [3.63, 3.8) is 0 Å². The number of halogens is 3. The van der Waals surface area contributed by atoms with Crippen LogP contribution < -0.4 is 5.32 Å². The van der Waals surface area contributed by atoms with Crippen molar-refractivity contribution >= 4 is 21.6 Å². The van der Waals surface area contributed by atoms with Gasteiger partial charge < -0.3 is 10.2 Å². The van der Waals surface area contributed by atoms with Crippen LogP contribution in [0.1, 0.15) is 36.7 Å². The van der Waals surface area contributed by atoms with E-state index in [1.165, 1.54) is 23.4 Å². The summed E-state index contributed by atoms with van der Waals surface area (Å²) in [7, 11) is -2.40. The highest BCUT2D eigenvalue weighted by molar-refractivity contribution is 7.88. The molecule has 1 fully saturated rings. The summed E-state index contributed by atoms with van der Waals surface area (Å²) in [4.78, 5) is 17.4. The summed E-state index contributed by atoms with van der Waals surface area (Å²) in [6, 6.07) is 8.81. The van der Waals surface area contributed by atoms with Crippen molar-refractivity contribution in [3.8, 4) is 0 Å². The lowest BCUT2D eigenvalue weighted by atomic mass is 9.83. The first-order chi connectivity index (χ1) is 16.2. The number of nitrogens with zero attached hydrogens (tertiary/aromatic N) is 3. The molecule has 11 heteroatoms. The highest BCUT2D eigenvalue weighted by atomic mass is 32.2. The predicted molar refractivity (Wildman–Crippen MR) is 126 cm³/mol. The Hall–Kier alpha value is -2.66. The highest BCUT2D eigenvalue weighted by Gasteiger charge is 2.49. The normalized spacial score (nSPS) is 21.2. The van der Waals surface area contributed by atoms with Gasteiger partial charge in [-0.25, -0.2) is 12.7 Å². The van der Waals surface area contributed by atoms with Gasteiger partial charge in [0.2, 0.25) is 15.9 Å². The van der Waals surface area contributed by atoms with Crippen molar-refractivity contribution in [1.82, 2.24) is 14.2 Å². The molecule has 4 rings (SSSR count). The molecule has 2 heterocycles. The number of nitrogens with one attached hydrogen (secondary N) is 1. The molecule has 1 amide bonds. The number of carbonyl (C=O) groups excluding carboxylic acids is 1. The zero-order chi connectivity index (χ0) is 25.8. The number of carbonyl (C=O) groups is 1. The van der Waals surface area contributed by atoms with E-state index in [1.54, 1.807) is 6.07 Å². The van der Waals surface area contributed by atoms with Crippen molar-refractivity contribution in [1.29, 1.82) is 0 Å². The Labute approximate surface area is 203 Å². The summed E-state index contributed by atoms with van der Waals surface area (Å²) >= 11 is 0. The molecule has 1 aromatic carbocycles. The van der Waals surface area contributed by atoms with Crippen LogP contribution in [-0.2, 0) is 26.7 Å². The van der Waals surface area contributed by atoms with Crippen molar-refractivity contribution < 1.29 is 26.4 Å². The lowest BCUT2D eigenvalue weighted by Crippen LogP contribution is -2.56. The van der Waals surface area contributed by atoms with E-state index in [9.17, 15) is 26.4 Å². The van der Waals surface area contributed by atoms with Gasteiger partial charge in [0.15, 0.2) is 6.04 Å². The second-order valence-electron chi connectivity index (χ2n) is 9.92. The molecule has 1 aliphatic carbocycles. The second kappa shape index (κ2) is 8.77. The molecule has 190 valence electrons. The van der Waals surface area contributed by atoms with Gasteiger partial charge in [-0.2, -0.15) is 13.2 Å². The molecule has 2 atom stereocenters. The topological polar surface area (TPSA) is 82.6 Å². The number of pyridine rings is 1. The fourth-order valence-electron chi connectivity index (χ4n) is 4.94. The van der Waals surface area contributed by atoms with Crippen molar-refractivity contribution in [2.75, 3.05) is 31.7 Å². The van der Waals surface area contributed by atoms with E-state index < -0.39 is 34.1 Å². The standard InChI is InChI=1S/C24H29F3N4O3S/c1-23(2)18-8-6-5-7-15(18)11-20(23)29-17-9-10-19(28-12-17)21(24(25,26)27)30(3)22(32)16-13-31(14-16)35(4,33)34/h5-10,12,16,20-21,29H,11,13-14H2,1-4H3. The maximum absolute atomic E-state index is 14.0. The molecule has 1 aliphatic heterocycles. The number of fused-ring (bicyclic) bond motifs is 1. The molecule has 1 N–H and O–H groups in total. The summed E-state index contributed by atoms with van der Waals surface area (Å²) in [5.41, 5.74) is 2.61. The van der Waals surface area contributed by atoms with Crippen LogP contribution >= 0.6 is 0 Å². The van der Waals surface area contributed by atoms with Crippen molar-refractivity contribution in [3.05, 3.63) is 59.4 Å². The first kappa shape index (κ1) is 25.4. The van der Waals surface area contributed by atoms with Gasteiger partial charge in [0.05, 0.1) is 29.8 Å². The minimum atomic E-state index is -4.75. The number of hydrogen-bond acceptors (Lipinski definition) is 5. The summed E-state index contributed by atoms with van der Waals surface area (Å²) < 4.78 is 66.1. The lowest BCUT2D eigenvalue weighted by Gasteiger charge is -2.40. The third kappa shape index (κ3) is 4.88. The zero-order valence-corrected chi connectivity index (χ0v) is 20.8. The fourth-order valence-corrected chi connectivity index (χ4v) is 5.84. The molecular formula is C24H29F3N4O3S. The first-order valence-electron chi connectivity index (χ1n) is 11.3. The number of anilines is 1. The van der Waals surface area contributed by atoms with Gasteiger partial charge in [0.1, 0.15) is 0 Å². The smallest absolute Gasteiger partial charge is 0.380 e. The van der Waals surface area contributed by atoms with Gasteiger partial charge in [-0.3, -0.25) is 9.78 Å². The van der Waals surface area contributed by atoms with E-state index in [0.717, 1.165) is 24.0 Å². The molecule has 2 aliphatic rings. The molecule has 7 nitrogen and oxygen atoms in total. The largest absolute Gasteiger partial charge is 0.414 e. The Morgan fingerprint density at radius 1 is 1.20 bits per heavy atom. The van der Waals surface area contributed by atoms with E-state index in [-0.39, 0.29) is 30.2 Å². The van der Waals surface area contributed by atoms with Crippen LogP contribution in [0.4, 0.5) is 18.9 Å². The molecular weight excluding hydrogens is 481 g/mol. The number of alkyl halides is 3. The summed E-state index contributed by atoms with van der Waals surface area (Å²) in [5, 5.41) is 3.40. The SMILES string of the molecule is CN(C(=O)C1CN(S(C)(=O)=O)C1)C(c1ccc(NC2Cc3ccccc3C2(C)C)cn1)C(F)(F)F. The average Bonchev–Trinajstić information content (AvgIpc) is 2.96. The highest BCUT2D eigenvalue weighted by Crippen LogP contribution is 2.41. The maximum Gasteiger partial charge on any atom is 0.414 e. The molecule has 35 heavy (non-hydrogen) atoms. The summed E-state index contributed by atoms with van der Waals surface area (Å²) in [5.74, 6) is -1.58. The van der Waals surface area contributed by atoms with Gasteiger partial charge in [0, 0.05) is 31.6 Å². The summed E-state index contributed by atoms with van der Waals surface area (Å²) in [6.07, 6.45) is -1.60. The van der Waals surface area contributed by atoms with Gasteiger partial charge in [-0.05, 0) is 29.7 Å². The van der Waals surface area contributed by atoms with Crippen molar-refractivity contribution in [2.45, 2.75) is 43.9 Å². The van der Waals surface area contributed by atoms with Crippen LogP contribution in [0.15, 0.2) is 42.6 Å². The second-order valence-corrected chi connectivity index (χ2v) is 11.9. The lowest BCUT2D eigenvalue weighted by molar-refractivity contribution is -0.192. The molecule has 0 saturated carbocycles. The zero-order valence-electron chi connectivity index (χ0n) is 20.0. The Balaban J connectivity index is 1.48. The van der Waals surface area contributed by atoms with Gasteiger partial charge in [0.25, 0.3) is 0 Å².